The fraction of sp³-hybridized carbons (Fsp3) is 0.231. The second-order valence-electron chi connectivity index (χ2n) is 4.38. The Balaban J connectivity index is 2.31. The molecule has 0 saturated heterocycles. The zero-order valence-corrected chi connectivity index (χ0v) is 14.7. The molecule has 0 unspecified atom stereocenters. The summed E-state index contributed by atoms with van der Waals surface area (Å²) in [7, 11) is -2.29. The van der Waals surface area contributed by atoms with Gasteiger partial charge in [0.05, 0.1) is 7.11 Å². The number of sulfonamides is 1. The minimum Gasteiger partial charge on any atom is -0.495 e. The highest BCUT2D eigenvalue weighted by atomic mass is 79.9. The second kappa shape index (κ2) is 6.35. The molecule has 2 aromatic rings. The van der Waals surface area contributed by atoms with E-state index >= 15 is 0 Å². The molecule has 0 atom stereocenters. The Morgan fingerprint density at radius 3 is 2.71 bits per heavy atom. The second-order valence-corrected chi connectivity index (χ2v) is 7.97. The van der Waals surface area contributed by atoms with Gasteiger partial charge in [0.15, 0.2) is 0 Å². The third-order valence-corrected chi connectivity index (χ3v) is 6.10. The summed E-state index contributed by atoms with van der Waals surface area (Å²) in [5, 5.41) is 1.93. The van der Waals surface area contributed by atoms with Gasteiger partial charge in [-0.05, 0) is 52.0 Å². The average Bonchev–Trinajstić information content (AvgIpc) is 2.84. The van der Waals surface area contributed by atoms with E-state index in [1.165, 1.54) is 24.5 Å². The van der Waals surface area contributed by atoms with Gasteiger partial charge in [0.25, 0.3) is 0 Å². The van der Waals surface area contributed by atoms with Gasteiger partial charge < -0.3 is 10.5 Å². The molecule has 1 heterocycles. The van der Waals surface area contributed by atoms with Crippen molar-refractivity contribution in [1.82, 2.24) is 4.72 Å². The van der Waals surface area contributed by atoms with Gasteiger partial charge in [-0.15, -0.1) is 11.3 Å². The molecule has 8 heteroatoms. The van der Waals surface area contributed by atoms with Crippen LogP contribution >= 0.6 is 27.3 Å². The lowest BCUT2D eigenvalue weighted by molar-refractivity contribution is 0.402. The van der Waals surface area contributed by atoms with Crippen LogP contribution in [0.25, 0.3) is 0 Å². The monoisotopic (exact) mass is 390 g/mol. The largest absolute Gasteiger partial charge is 0.495 e. The van der Waals surface area contributed by atoms with Crippen molar-refractivity contribution in [2.45, 2.75) is 18.4 Å². The maximum Gasteiger partial charge on any atom is 0.244 e. The predicted octanol–water partition coefficient (Wildman–Crippen LogP) is 2.89. The van der Waals surface area contributed by atoms with Crippen molar-refractivity contribution in [3.8, 4) is 5.75 Å². The Bertz CT molecular complexity index is 757. The van der Waals surface area contributed by atoms with Gasteiger partial charge in [0, 0.05) is 21.6 Å². The normalized spacial score (nSPS) is 11.6. The van der Waals surface area contributed by atoms with E-state index in [2.05, 4.69) is 20.7 Å². The van der Waals surface area contributed by atoms with Crippen molar-refractivity contribution in [2.75, 3.05) is 12.8 Å². The molecule has 114 valence electrons. The summed E-state index contributed by atoms with van der Waals surface area (Å²) in [6.07, 6.45) is 0. The fourth-order valence-corrected chi connectivity index (χ4v) is 4.18. The number of methoxy groups -OCH3 is 1. The highest BCUT2D eigenvalue weighted by Gasteiger charge is 2.21. The Labute approximate surface area is 136 Å². The molecule has 1 aromatic carbocycles. The molecule has 3 N–H and O–H groups in total. The molecule has 0 aliphatic heterocycles. The maximum atomic E-state index is 12.4. The van der Waals surface area contributed by atoms with Gasteiger partial charge in [-0.3, -0.25) is 0 Å². The van der Waals surface area contributed by atoms with Crippen LogP contribution in [0, 0.1) is 6.92 Å². The zero-order valence-electron chi connectivity index (χ0n) is 11.5. The van der Waals surface area contributed by atoms with Gasteiger partial charge >= 0.3 is 0 Å². The van der Waals surface area contributed by atoms with Crippen molar-refractivity contribution in [3.05, 3.63) is 38.5 Å². The molecular weight excluding hydrogens is 376 g/mol. The number of hydrogen-bond donors (Lipinski definition) is 2. The van der Waals surface area contributed by atoms with Crippen molar-refractivity contribution < 1.29 is 13.2 Å². The first kappa shape index (κ1) is 16.3. The Morgan fingerprint density at radius 2 is 2.14 bits per heavy atom. The van der Waals surface area contributed by atoms with Crippen molar-refractivity contribution >= 4 is 43.0 Å². The summed E-state index contributed by atoms with van der Waals surface area (Å²) in [5.41, 5.74) is 7.16. The van der Waals surface area contributed by atoms with E-state index in [1.54, 1.807) is 6.07 Å². The van der Waals surface area contributed by atoms with E-state index in [9.17, 15) is 8.42 Å². The van der Waals surface area contributed by atoms with E-state index < -0.39 is 10.0 Å². The van der Waals surface area contributed by atoms with Crippen LogP contribution in [0.2, 0.25) is 0 Å². The maximum absolute atomic E-state index is 12.4. The lowest BCUT2D eigenvalue weighted by atomic mass is 10.3. The van der Waals surface area contributed by atoms with Gasteiger partial charge in [0.2, 0.25) is 10.0 Å². The van der Waals surface area contributed by atoms with Gasteiger partial charge in [-0.1, -0.05) is 0 Å². The molecular formula is C13H15BrN2O3S2. The number of anilines is 1. The van der Waals surface area contributed by atoms with Crippen molar-refractivity contribution in [3.63, 3.8) is 0 Å². The molecule has 0 radical (unpaired) electrons. The first-order chi connectivity index (χ1) is 9.85. The molecule has 0 spiro atoms. The summed E-state index contributed by atoms with van der Waals surface area (Å²) in [5.74, 6) is 0.242. The van der Waals surface area contributed by atoms with Gasteiger partial charge in [-0.2, -0.15) is 0 Å². The number of thiophene rings is 1. The molecule has 0 aliphatic carbocycles. The van der Waals surface area contributed by atoms with Crippen LogP contribution in [-0.2, 0) is 16.6 Å². The topological polar surface area (TPSA) is 81.4 Å². The lowest BCUT2D eigenvalue weighted by Crippen LogP contribution is -2.23. The molecule has 1 aromatic heterocycles. The molecule has 0 fully saturated rings. The van der Waals surface area contributed by atoms with E-state index in [1.807, 2.05) is 18.4 Å². The standard InChI is InChI=1S/C13H15BrN2O3S2/c1-8-3-4-20-12(8)7-16-21(17,18)13-6-10(15)9(14)5-11(13)19-2/h3-6,16H,7,15H2,1-2H3. The minimum atomic E-state index is -3.70. The van der Waals surface area contributed by atoms with Gasteiger partial charge in [0.1, 0.15) is 10.6 Å². The summed E-state index contributed by atoms with van der Waals surface area (Å²) in [4.78, 5) is 1.00. The Hall–Kier alpha value is -1.09. The van der Waals surface area contributed by atoms with E-state index in [4.69, 9.17) is 10.5 Å². The van der Waals surface area contributed by atoms with Crippen LogP contribution in [0.1, 0.15) is 10.4 Å². The zero-order chi connectivity index (χ0) is 15.6. The highest BCUT2D eigenvalue weighted by molar-refractivity contribution is 9.10. The summed E-state index contributed by atoms with van der Waals surface area (Å²) in [6, 6.07) is 4.87. The number of rotatable bonds is 5. The number of benzene rings is 1. The first-order valence-corrected chi connectivity index (χ1v) is 9.16. The molecule has 21 heavy (non-hydrogen) atoms. The predicted molar refractivity (Wildman–Crippen MR) is 88.2 cm³/mol. The van der Waals surface area contributed by atoms with Crippen LogP contribution < -0.4 is 15.2 Å². The average molecular weight is 391 g/mol. The van der Waals surface area contributed by atoms with Crippen molar-refractivity contribution in [2.24, 2.45) is 0 Å². The highest BCUT2D eigenvalue weighted by Crippen LogP contribution is 2.32. The van der Waals surface area contributed by atoms with Crippen LogP contribution in [0.15, 0.2) is 32.9 Å². The molecule has 0 saturated carbocycles. The van der Waals surface area contributed by atoms with Crippen LogP contribution in [0.3, 0.4) is 0 Å². The quantitative estimate of drug-likeness (QED) is 0.768. The molecule has 5 nitrogen and oxygen atoms in total. The van der Waals surface area contributed by atoms with E-state index in [0.717, 1.165) is 10.4 Å². The van der Waals surface area contributed by atoms with Crippen LogP contribution in [0.4, 0.5) is 5.69 Å². The lowest BCUT2D eigenvalue weighted by Gasteiger charge is -2.12. The van der Waals surface area contributed by atoms with E-state index in [-0.39, 0.29) is 17.2 Å². The number of halogens is 1. The number of nitrogens with one attached hydrogen (secondary N) is 1. The minimum absolute atomic E-state index is 0.0277. The van der Waals surface area contributed by atoms with Crippen LogP contribution in [-0.4, -0.2) is 15.5 Å². The summed E-state index contributed by atoms with van der Waals surface area (Å²) >= 11 is 4.76. The fourth-order valence-electron chi connectivity index (χ4n) is 1.74. The smallest absolute Gasteiger partial charge is 0.244 e. The van der Waals surface area contributed by atoms with Crippen LogP contribution in [0.5, 0.6) is 5.75 Å². The number of nitrogen functional groups attached to an aromatic ring is 1. The van der Waals surface area contributed by atoms with E-state index in [0.29, 0.717) is 10.2 Å². The Morgan fingerprint density at radius 1 is 1.43 bits per heavy atom. The summed E-state index contributed by atoms with van der Waals surface area (Å²) < 4.78 is 33.1. The third-order valence-electron chi connectivity index (χ3n) is 2.96. The van der Waals surface area contributed by atoms with Gasteiger partial charge in [-0.25, -0.2) is 13.1 Å². The number of hydrogen-bond acceptors (Lipinski definition) is 5. The first-order valence-electron chi connectivity index (χ1n) is 6.01. The number of nitrogens with two attached hydrogens (primary N) is 1. The number of ether oxygens (including phenoxy) is 1. The molecule has 2 rings (SSSR count). The molecule has 0 amide bonds. The summed E-state index contributed by atoms with van der Waals surface area (Å²) in [6.45, 7) is 2.18. The third kappa shape index (κ3) is 3.57. The molecule has 0 bridgehead atoms. The molecule has 0 aliphatic rings. The Kier molecular flexibility index (Phi) is 4.92. The number of aryl methyl sites for hydroxylation is 1. The SMILES string of the molecule is COc1cc(Br)c(N)cc1S(=O)(=O)NCc1sccc1C. The van der Waals surface area contributed by atoms with Crippen molar-refractivity contribution in [1.29, 1.82) is 0 Å².